The van der Waals surface area contributed by atoms with E-state index in [9.17, 15) is 4.79 Å². The maximum Gasteiger partial charge on any atom is 0.246 e. The molecule has 1 aromatic carbocycles. The topological polar surface area (TPSA) is 50.4 Å². The quantitative estimate of drug-likeness (QED) is 0.557. The molecule has 1 aromatic rings. The van der Waals surface area contributed by atoms with Gasteiger partial charge in [0.05, 0.1) is 7.11 Å². The summed E-state index contributed by atoms with van der Waals surface area (Å²) >= 11 is 0. The summed E-state index contributed by atoms with van der Waals surface area (Å²) in [6.45, 7) is 3.53. The third-order valence-corrected chi connectivity index (χ3v) is 2.58. The molecule has 0 spiro atoms. The Balaban J connectivity index is 2.14. The van der Waals surface area contributed by atoms with Gasteiger partial charge in [0.2, 0.25) is 5.91 Å². The van der Waals surface area contributed by atoms with Crippen molar-refractivity contribution in [2.24, 2.45) is 5.92 Å². The Hall–Kier alpha value is -1.39. The van der Waals surface area contributed by atoms with Gasteiger partial charge in [0.15, 0.2) is 0 Å². The van der Waals surface area contributed by atoms with E-state index in [-0.39, 0.29) is 11.8 Å². The first-order valence-corrected chi connectivity index (χ1v) is 5.81. The predicted molar refractivity (Wildman–Crippen MR) is 67.1 cm³/mol. The van der Waals surface area contributed by atoms with Gasteiger partial charge in [-0.05, 0) is 18.5 Å². The molecule has 0 saturated heterocycles. The van der Waals surface area contributed by atoms with E-state index >= 15 is 0 Å². The second kappa shape index (κ2) is 7.81. The Labute approximate surface area is 102 Å². The maximum absolute atomic E-state index is 11.3. The number of nitrogens with one attached hydrogen (secondary N) is 2. The van der Waals surface area contributed by atoms with Gasteiger partial charge >= 0.3 is 0 Å². The molecule has 4 heteroatoms. The number of hydroxylamine groups is 1. The second-order valence-electron chi connectivity index (χ2n) is 4.02. The van der Waals surface area contributed by atoms with Crippen molar-refractivity contribution in [3.05, 3.63) is 35.9 Å². The maximum atomic E-state index is 11.3. The van der Waals surface area contributed by atoms with E-state index in [0.717, 1.165) is 19.5 Å². The lowest BCUT2D eigenvalue weighted by molar-refractivity contribution is -0.135. The van der Waals surface area contributed by atoms with E-state index in [0.29, 0.717) is 0 Å². The van der Waals surface area contributed by atoms with Gasteiger partial charge in [-0.25, -0.2) is 5.48 Å². The van der Waals surface area contributed by atoms with Crippen LogP contribution in [0.2, 0.25) is 0 Å². The fraction of sp³-hybridized carbons (Fsp3) is 0.462. The summed E-state index contributed by atoms with van der Waals surface area (Å²) in [7, 11) is 1.44. The average molecular weight is 236 g/mol. The van der Waals surface area contributed by atoms with Gasteiger partial charge in [-0.1, -0.05) is 37.3 Å². The third kappa shape index (κ3) is 5.47. The minimum atomic E-state index is -0.0750. The van der Waals surface area contributed by atoms with Crippen LogP contribution in [-0.4, -0.2) is 19.6 Å². The molecule has 1 unspecified atom stereocenters. The number of carbonyl (C=O) groups is 1. The van der Waals surface area contributed by atoms with E-state index in [2.05, 4.69) is 27.8 Å². The van der Waals surface area contributed by atoms with E-state index in [1.165, 1.54) is 12.7 Å². The lowest BCUT2D eigenvalue weighted by atomic mass is 10.1. The zero-order valence-electron chi connectivity index (χ0n) is 10.4. The van der Waals surface area contributed by atoms with E-state index < -0.39 is 0 Å². The first-order chi connectivity index (χ1) is 8.24. The minimum absolute atomic E-state index is 0.0433. The van der Waals surface area contributed by atoms with Crippen molar-refractivity contribution >= 4 is 5.91 Å². The van der Waals surface area contributed by atoms with Crippen LogP contribution in [0.4, 0.5) is 0 Å². The van der Waals surface area contributed by atoms with Gasteiger partial charge < -0.3 is 5.32 Å². The standard InChI is InChI=1S/C13H20N2O2/c1-11(13(16)15-17-2)8-9-14-10-12-6-4-3-5-7-12/h3-7,11,14H,8-10H2,1-2H3,(H,15,16). The Bertz CT molecular complexity index is 327. The fourth-order valence-electron chi connectivity index (χ4n) is 1.48. The van der Waals surface area contributed by atoms with Gasteiger partial charge in [-0.2, -0.15) is 0 Å². The first kappa shape index (κ1) is 13.7. The summed E-state index contributed by atoms with van der Waals surface area (Å²) in [5, 5.41) is 3.31. The van der Waals surface area contributed by atoms with E-state index in [4.69, 9.17) is 0 Å². The molecule has 0 bridgehead atoms. The highest BCUT2D eigenvalue weighted by molar-refractivity contribution is 5.77. The summed E-state index contributed by atoms with van der Waals surface area (Å²) in [6.07, 6.45) is 0.794. The molecule has 1 rings (SSSR count). The number of amides is 1. The van der Waals surface area contributed by atoms with Crippen molar-refractivity contribution in [1.29, 1.82) is 0 Å². The van der Waals surface area contributed by atoms with Crippen LogP contribution in [0.15, 0.2) is 30.3 Å². The molecule has 4 nitrogen and oxygen atoms in total. The smallest absolute Gasteiger partial charge is 0.246 e. The summed E-state index contributed by atoms with van der Waals surface area (Å²) < 4.78 is 0. The van der Waals surface area contributed by atoms with Gasteiger partial charge in [0.25, 0.3) is 0 Å². The molecule has 0 aromatic heterocycles. The SMILES string of the molecule is CONC(=O)C(C)CCNCc1ccccc1. The fourth-order valence-corrected chi connectivity index (χ4v) is 1.48. The second-order valence-corrected chi connectivity index (χ2v) is 4.02. The van der Waals surface area contributed by atoms with Crippen LogP contribution < -0.4 is 10.8 Å². The van der Waals surface area contributed by atoms with Gasteiger partial charge in [0.1, 0.15) is 0 Å². The van der Waals surface area contributed by atoms with Crippen LogP contribution in [0.1, 0.15) is 18.9 Å². The molecule has 1 amide bonds. The highest BCUT2D eigenvalue weighted by Crippen LogP contribution is 2.01. The van der Waals surface area contributed by atoms with Crippen molar-refractivity contribution in [2.75, 3.05) is 13.7 Å². The van der Waals surface area contributed by atoms with Crippen LogP contribution in [0, 0.1) is 5.92 Å². The Kier molecular flexibility index (Phi) is 6.29. The van der Waals surface area contributed by atoms with Crippen LogP contribution in [0.25, 0.3) is 0 Å². The zero-order valence-corrected chi connectivity index (χ0v) is 10.4. The number of hydrogen-bond acceptors (Lipinski definition) is 3. The van der Waals surface area contributed by atoms with Crippen LogP contribution in [0.3, 0.4) is 0 Å². The number of benzene rings is 1. The third-order valence-electron chi connectivity index (χ3n) is 2.58. The largest absolute Gasteiger partial charge is 0.313 e. The molecular weight excluding hydrogens is 216 g/mol. The molecule has 0 heterocycles. The molecule has 0 aliphatic heterocycles. The van der Waals surface area contributed by atoms with E-state index in [1.807, 2.05) is 25.1 Å². The Morgan fingerprint density at radius 3 is 2.71 bits per heavy atom. The molecule has 0 saturated carbocycles. The lowest BCUT2D eigenvalue weighted by Gasteiger charge is -2.11. The molecule has 0 aliphatic rings. The van der Waals surface area contributed by atoms with Crippen molar-refractivity contribution < 1.29 is 9.63 Å². The number of carbonyl (C=O) groups excluding carboxylic acids is 1. The zero-order chi connectivity index (χ0) is 12.5. The monoisotopic (exact) mass is 236 g/mol. The molecule has 0 fully saturated rings. The van der Waals surface area contributed by atoms with Crippen molar-refractivity contribution in [3.8, 4) is 0 Å². The first-order valence-electron chi connectivity index (χ1n) is 5.81. The van der Waals surface area contributed by atoms with Gasteiger partial charge in [0, 0.05) is 12.5 Å². The summed E-state index contributed by atoms with van der Waals surface area (Å²) in [4.78, 5) is 15.9. The molecule has 0 aliphatic carbocycles. The average Bonchev–Trinajstić information content (AvgIpc) is 2.36. The number of hydrogen-bond donors (Lipinski definition) is 2. The molecule has 94 valence electrons. The van der Waals surface area contributed by atoms with Crippen molar-refractivity contribution in [2.45, 2.75) is 19.9 Å². The summed E-state index contributed by atoms with van der Waals surface area (Å²) in [5.74, 6) is -0.118. The highest BCUT2D eigenvalue weighted by atomic mass is 16.6. The lowest BCUT2D eigenvalue weighted by Crippen LogP contribution is -2.30. The predicted octanol–water partition coefficient (Wildman–Crippen LogP) is 1.48. The number of rotatable bonds is 7. The van der Waals surface area contributed by atoms with Gasteiger partial charge in [-0.3, -0.25) is 9.63 Å². The molecule has 17 heavy (non-hydrogen) atoms. The Morgan fingerprint density at radius 2 is 2.06 bits per heavy atom. The molecular formula is C13H20N2O2. The summed E-state index contributed by atoms with van der Waals surface area (Å²) in [5.41, 5.74) is 3.59. The molecule has 0 radical (unpaired) electrons. The van der Waals surface area contributed by atoms with Crippen LogP contribution in [-0.2, 0) is 16.2 Å². The molecule has 2 N–H and O–H groups in total. The minimum Gasteiger partial charge on any atom is -0.313 e. The summed E-state index contributed by atoms with van der Waals surface area (Å²) in [6, 6.07) is 10.2. The Morgan fingerprint density at radius 1 is 1.35 bits per heavy atom. The van der Waals surface area contributed by atoms with E-state index in [1.54, 1.807) is 0 Å². The highest BCUT2D eigenvalue weighted by Gasteiger charge is 2.11. The normalized spacial score (nSPS) is 12.1. The van der Waals surface area contributed by atoms with Crippen LogP contribution >= 0.6 is 0 Å². The van der Waals surface area contributed by atoms with Crippen LogP contribution in [0.5, 0.6) is 0 Å². The van der Waals surface area contributed by atoms with Crippen molar-refractivity contribution in [1.82, 2.24) is 10.8 Å². The van der Waals surface area contributed by atoms with Gasteiger partial charge in [-0.15, -0.1) is 0 Å². The van der Waals surface area contributed by atoms with Crippen molar-refractivity contribution in [3.63, 3.8) is 0 Å². The molecule has 1 atom stereocenters.